The molecule has 4 nitrogen and oxygen atoms in total. The maximum atomic E-state index is 4.66. The molecule has 100 valence electrons. The van der Waals surface area contributed by atoms with Crippen molar-refractivity contribution in [3.8, 4) is 11.4 Å². The molecule has 2 rings (SSSR count). The second-order valence-corrected chi connectivity index (χ2v) is 4.82. The monoisotopic (exact) mass is 256 g/mol. The number of hydrogen-bond donors (Lipinski definition) is 1. The first kappa shape index (κ1) is 13.5. The van der Waals surface area contributed by atoms with E-state index in [0.717, 1.165) is 29.4 Å². The summed E-state index contributed by atoms with van der Waals surface area (Å²) in [5.74, 6) is 2.10. The van der Waals surface area contributed by atoms with E-state index in [0.29, 0.717) is 5.92 Å². The Bertz CT molecular complexity index is 550. The molecule has 0 bridgehead atoms. The first-order valence-corrected chi connectivity index (χ1v) is 6.66. The summed E-state index contributed by atoms with van der Waals surface area (Å²) in [6, 6.07) is 3.86. The van der Waals surface area contributed by atoms with Crippen molar-refractivity contribution >= 4 is 5.82 Å². The van der Waals surface area contributed by atoms with Crippen LogP contribution in [0.2, 0.25) is 0 Å². The molecule has 0 amide bonds. The Morgan fingerprint density at radius 2 is 1.84 bits per heavy atom. The third kappa shape index (κ3) is 2.89. The van der Waals surface area contributed by atoms with Crippen LogP contribution in [0.15, 0.2) is 24.5 Å². The van der Waals surface area contributed by atoms with Gasteiger partial charge < -0.3 is 5.32 Å². The Labute approximate surface area is 114 Å². The van der Waals surface area contributed by atoms with Gasteiger partial charge in [0.2, 0.25) is 0 Å². The Morgan fingerprint density at radius 1 is 1.16 bits per heavy atom. The highest BCUT2D eigenvalue weighted by atomic mass is 15.0. The molecule has 0 aliphatic carbocycles. The summed E-state index contributed by atoms with van der Waals surface area (Å²) in [4.78, 5) is 13.3. The summed E-state index contributed by atoms with van der Waals surface area (Å²) in [5, 5.41) is 3.34. The van der Waals surface area contributed by atoms with Crippen molar-refractivity contribution in [2.45, 2.75) is 33.6 Å². The lowest BCUT2D eigenvalue weighted by atomic mass is 10.0. The van der Waals surface area contributed by atoms with Gasteiger partial charge in [-0.15, -0.1) is 0 Å². The van der Waals surface area contributed by atoms with Gasteiger partial charge in [-0.3, -0.25) is 4.98 Å². The highest BCUT2D eigenvalue weighted by molar-refractivity contribution is 5.59. The first-order valence-electron chi connectivity index (χ1n) is 6.66. The molecular weight excluding hydrogens is 236 g/mol. The number of aromatic nitrogens is 3. The van der Waals surface area contributed by atoms with Gasteiger partial charge in [-0.25, -0.2) is 9.97 Å². The minimum absolute atomic E-state index is 0.403. The van der Waals surface area contributed by atoms with E-state index in [4.69, 9.17) is 0 Å². The van der Waals surface area contributed by atoms with Crippen LogP contribution in [0, 0.1) is 6.92 Å². The quantitative estimate of drug-likeness (QED) is 0.910. The zero-order valence-corrected chi connectivity index (χ0v) is 11.9. The predicted octanol–water partition coefficient (Wildman–Crippen LogP) is 3.40. The van der Waals surface area contributed by atoms with Crippen LogP contribution in [0.5, 0.6) is 0 Å². The number of rotatable bonds is 4. The molecule has 0 aromatic carbocycles. The van der Waals surface area contributed by atoms with E-state index in [1.165, 1.54) is 5.56 Å². The van der Waals surface area contributed by atoms with E-state index in [9.17, 15) is 0 Å². The zero-order chi connectivity index (χ0) is 13.8. The fraction of sp³-hybridized carbons (Fsp3) is 0.400. The third-order valence-corrected chi connectivity index (χ3v) is 3.00. The van der Waals surface area contributed by atoms with Gasteiger partial charge in [0, 0.05) is 35.8 Å². The van der Waals surface area contributed by atoms with Crippen molar-refractivity contribution in [3.63, 3.8) is 0 Å². The molecule has 2 aromatic heterocycles. The second-order valence-electron chi connectivity index (χ2n) is 4.82. The molecule has 0 fully saturated rings. The standard InChI is InChI=1S/C15H20N4/c1-5-17-15-13(10(2)3)11(4)18-14(19-15)12-6-8-16-9-7-12/h6-10H,5H2,1-4H3,(H,17,18,19). The van der Waals surface area contributed by atoms with Gasteiger partial charge in [0.05, 0.1) is 0 Å². The fourth-order valence-corrected chi connectivity index (χ4v) is 2.21. The molecule has 0 atom stereocenters. The van der Waals surface area contributed by atoms with Crippen LogP contribution in [0.3, 0.4) is 0 Å². The van der Waals surface area contributed by atoms with Gasteiger partial charge in [0.1, 0.15) is 5.82 Å². The average Bonchev–Trinajstić information content (AvgIpc) is 2.39. The largest absolute Gasteiger partial charge is 0.370 e. The number of hydrogen-bond acceptors (Lipinski definition) is 4. The van der Waals surface area contributed by atoms with Crippen LogP contribution in [0.1, 0.15) is 37.9 Å². The SMILES string of the molecule is CCNc1nc(-c2ccncc2)nc(C)c1C(C)C. The molecule has 0 saturated heterocycles. The van der Waals surface area contributed by atoms with E-state index in [1.54, 1.807) is 12.4 Å². The highest BCUT2D eigenvalue weighted by Gasteiger charge is 2.14. The van der Waals surface area contributed by atoms with Crippen LogP contribution in [-0.2, 0) is 0 Å². The third-order valence-electron chi connectivity index (χ3n) is 3.00. The molecule has 2 heterocycles. The van der Waals surface area contributed by atoms with Crippen LogP contribution in [0.25, 0.3) is 11.4 Å². The van der Waals surface area contributed by atoms with Gasteiger partial charge in [-0.05, 0) is 31.9 Å². The minimum Gasteiger partial charge on any atom is -0.370 e. The molecule has 19 heavy (non-hydrogen) atoms. The van der Waals surface area contributed by atoms with E-state index < -0.39 is 0 Å². The maximum absolute atomic E-state index is 4.66. The van der Waals surface area contributed by atoms with E-state index in [2.05, 4.69) is 41.0 Å². The van der Waals surface area contributed by atoms with Gasteiger partial charge in [0.15, 0.2) is 5.82 Å². The maximum Gasteiger partial charge on any atom is 0.161 e. The molecule has 0 unspecified atom stereocenters. The van der Waals surface area contributed by atoms with Gasteiger partial charge >= 0.3 is 0 Å². The lowest BCUT2D eigenvalue weighted by Gasteiger charge is -2.16. The highest BCUT2D eigenvalue weighted by Crippen LogP contribution is 2.27. The van der Waals surface area contributed by atoms with Crippen molar-refractivity contribution in [1.29, 1.82) is 0 Å². The Kier molecular flexibility index (Phi) is 4.10. The predicted molar refractivity (Wildman–Crippen MR) is 78.3 cm³/mol. The molecule has 0 aliphatic heterocycles. The average molecular weight is 256 g/mol. The van der Waals surface area contributed by atoms with Crippen LogP contribution in [0.4, 0.5) is 5.82 Å². The smallest absolute Gasteiger partial charge is 0.161 e. The first-order chi connectivity index (χ1) is 9.13. The summed E-state index contributed by atoms with van der Waals surface area (Å²) < 4.78 is 0. The lowest BCUT2D eigenvalue weighted by Crippen LogP contribution is -2.09. The molecule has 0 saturated carbocycles. The minimum atomic E-state index is 0.403. The molecule has 0 aliphatic rings. The number of anilines is 1. The van der Waals surface area contributed by atoms with Crippen LogP contribution >= 0.6 is 0 Å². The molecular formula is C15H20N4. The summed E-state index contributed by atoms with van der Waals surface area (Å²) in [6.45, 7) is 9.31. The summed E-state index contributed by atoms with van der Waals surface area (Å²) in [6.07, 6.45) is 3.52. The van der Waals surface area contributed by atoms with Crippen molar-refractivity contribution in [2.24, 2.45) is 0 Å². The molecule has 0 spiro atoms. The van der Waals surface area contributed by atoms with Gasteiger partial charge in [-0.1, -0.05) is 13.8 Å². The topological polar surface area (TPSA) is 50.7 Å². The fourth-order valence-electron chi connectivity index (χ4n) is 2.21. The Balaban J connectivity index is 2.54. The number of aryl methyl sites for hydroxylation is 1. The lowest BCUT2D eigenvalue weighted by molar-refractivity contribution is 0.831. The van der Waals surface area contributed by atoms with Crippen LogP contribution in [-0.4, -0.2) is 21.5 Å². The molecule has 2 aromatic rings. The zero-order valence-electron chi connectivity index (χ0n) is 11.9. The molecule has 4 heteroatoms. The normalized spacial score (nSPS) is 10.8. The van der Waals surface area contributed by atoms with Gasteiger partial charge in [0.25, 0.3) is 0 Å². The summed E-state index contributed by atoms with van der Waals surface area (Å²) in [5.41, 5.74) is 3.22. The van der Waals surface area contributed by atoms with Crippen molar-refractivity contribution < 1.29 is 0 Å². The molecule has 0 radical (unpaired) electrons. The Morgan fingerprint density at radius 3 is 2.42 bits per heavy atom. The summed E-state index contributed by atoms with van der Waals surface area (Å²) >= 11 is 0. The number of nitrogens with zero attached hydrogens (tertiary/aromatic N) is 3. The number of nitrogens with one attached hydrogen (secondary N) is 1. The van der Waals surface area contributed by atoms with E-state index in [-0.39, 0.29) is 0 Å². The van der Waals surface area contributed by atoms with Crippen molar-refractivity contribution in [1.82, 2.24) is 15.0 Å². The van der Waals surface area contributed by atoms with Crippen molar-refractivity contribution in [2.75, 3.05) is 11.9 Å². The van der Waals surface area contributed by atoms with Gasteiger partial charge in [-0.2, -0.15) is 0 Å². The summed E-state index contributed by atoms with van der Waals surface area (Å²) in [7, 11) is 0. The van der Waals surface area contributed by atoms with Crippen molar-refractivity contribution in [3.05, 3.63) is 35.8 Å². The molecule has 1 N–H and O–H groups in total. The number of pyridine rings is 1. The van der Waals surface area contributed by atoms with Crippen LogP contribution < -0.4 is 5.32 Å². The Hall–Kier alpha value is -1.97. The second kappa shape index (κ2) is 5.78. The van der Waals surface area contributed by atoms with E-state index in [1.807, 2.05) is 19.1 Å². The van der Waals surface area contributed by atoms with E-state index >= 15 is 0 Å².